The van der Waals surface area contributed by atoms with Gasteiger partial charge in [0.15, 0.2) is 0 Å². The van der Waals surface area contributed by atoms with Crippen LogP contribution in [0.15, 0.2) is 43.0 Å². The van der Waals surface area contributed by atoms with Crippen molar-refractivity contribution in [1.29, 1.82) is 0 Å². The van der Waals surface area contributed by atoms with Crippen LogP contribution in [-0.2, 0) is 11.2 Å². The Morgan fingerprint density at radius 3 is 2.81 bits per heavy atom. The number of carbonyl (C=O) groups is 1. The lowest BCUT2D eigenvalue weighted by molar-refractivity contribution is -0.122. The highest BCUT2D eigenvalue weighted by Gasteiger charge is 2.30. The van der Waals surface area contributed by atoms with Crippen LogP contribution in [0.5, 0.6) is 0 Å². The van der Waals surface area contributed by atoms with Crippen molar-refractivity contribution in [2.24, 2.45) is 5.92 Å². The fraction of sp³-hybridized carbons (Fsp3) is 0.357. The molecule has 2 unspecified atom stereocenters. The molecule has 1 heterocycles. The van der Waals surface area contributed by atoms with E-state index in [1.54, 1.807) is 0 Å². The summed E-state index contributed by atoms with van der Waals surface area (Å²) in [6.45, 7) is 3.69. The number of benzene rings is 1. The van der Waals surface area contributed by atoms with Gasteiger partial charge in [0, 0.05) is 12.0 Å². The van der Waals surface area contributed by atoms with Crippen molar-refractivity contribution in [1.82, 2.24) is 5.32 Å². The first-order valence-corrected chi connectivity index (χ1v) is 5.75. The van der Waals surface area contributed by atoms with Gasteiger partial charge in [0.25, 0.3) is 0 Å². The Bertz CT molecular complexity index is 372. The monoisotopic (exact) mass is 215 g/mol. The molecule has 0 bridgehead atoms. The summed E-state index contributed by atoms with van der Waals surface area (Å²) in [5.41, 5.74) is 1.28. The Balaban J connectivity index is 1.94. The number of hydrogen-bond acceptors (Lipinski definition) is 1. The first-order chi connectivity index (χ1) is 7.79. The fourth-order valence-electron chi connectivity index (χ4n) is 2.27. The average molecular weight is 215 g/mol. The third-order valence-electron chi connectivity index (χ3n) is 3.06. The zero-order chi connectivity index (χ0) is 11.4. The van der Waals surface area contributed by atoms with Gasteiger partial charge < -0.3 is 5.32 Å². The molecule has 2 nitrogen and oxygen atoms in total. The summed E-state index contributed by atoms with van der Waals surface area (Å²) in [5, 5.41) is 3.05. The van der Waals surface area contributed by atoms with Gasteiger partial charge in [-0.15, -0.1) is 6.58 Å². The Kier molecular flexibility index (Phi) is 3.40. The molecule has 2 rings (SSSR count). The molecule has 16 heavy (non-hydrogen) atoms. The smallest absolute Gasteiger partial charge is 0.223 e. The molecule has 0 spiro atoms. The topological polar surface area (TPSA) is 29.1 Å². The molecule has 1 aliphatic heterocycles. The fourth-order valence-corrected chi connectivity index (χ4v) is 2.27. The van der Waals surface area contributed by atoms with Crippen LogP contribution in [-0.4, -0.2) is 11.9 Å². The molecular weight excluding hydrogens is 198 g/mol. The van der Waals surface area contributed by atoms with E-state index in [0.717, 1.165) is 19.3 Å². The third kappa shape index (κ3) is 2.51. The van der Waals surface area contributed by atoms with E-state index in [9.17, 15) is 4.79 Å². The second-order valence-corrected chi connectivity index (χ2v) is 4.35. The van der Waals surface area contributed by atoms with E-state index in [-0.39, 0.29) is 11.8 Å². The van der Waals surface area contributed by atoms with Crippen LogP contribution >= 0.6 is 0 Å². The lowest BCUT2D eigenvalue weighted by atomic mass is 9.98. The summed E-state index contributed by atoms with van der Waals surface area (Å²) >= 11 is 0. The molecule has 2 atom stereocenters. The van der Waals surface area contributed by atoms with Crippen molar-refractivity contribution in [2.75, 3.05) is 0 Å². The predicted molar refractivity (Wildman–Crippen MR) is 65.0 cm³/mol. The third-order valence-corrected chi connectivity index (χ3v) is 3.06. The second-order valence-electron chi connectivity index (χ2n) is 4.35. The minimum Gasteiger partial charge on any atom is -0.353 e. The molecule has 1 amide bonds. The lowest BCUT2D eigenvalue weighted by Crippen LogP contribution is -2.27. The van der Waals surface area contributed by atoms with Crippen molar-refractivity contribution in [3.8, 4) is 0 Å². The van der Waals surface area contributed by atoms with Gasteiger partial charge in [-0.25, -0.2) is 0 Å². The van der Waals surface area contributed by atoms with Crippen molar-refractivity contribution in [3.63, 3.8) is 0 Å². The molecule has 1 N–H and O–H groups in total. The van der Waals surface area contributed by atoms with Gasteiger partial charge in [-0.2, -0.15) is 0 Å². The molecular formula is C14H17NO. The molecule has 0 radical (unpaired) electrons. The number of amides is 1. The molecule has 1 aromatic carbocycles. The van der Waals surface area contributed by atoms with Crippen molar-refractivity contribution in [3.05, 3.63) is 48.6 Å². The Hall–Kier alpha value is -1.57. The van der Waals surface area contributed by atoms with Crippen LogP contribution in [0.3, 0.4) is 0 Å². The summed E-state index contributed by atoms with van der Waals surface area (Å²) in [6.07, 6.45) is 4.48. The quantitative estimate of drug-likeness (QED) is 0.767. The SMILES string of the molecule is C=CCC1CC(Cc2ccccc2)NC1=O. The maximum atomic E-state index is 11.6. The highest BCUT2D eigenvalue weighted by molar-refractivity contribution is 5.81. The first kappa shape index (κ1) is 10.9. The molecule has 2 heteroatoms. The number of rotatable bonds is 4. The zero-order valence-corrected chi connectivity index (χ0v) is 9.36. The van der Waals surface area contributed by atoms with E-state index >= 15 is 0 Å². The van der Waals surface area contributed by atoms with E-state index in [4.69, 9.17) is 0 Å². The average Bonchev–Trinajstić information content (AvgIpc) is 2.61. The van der Waals surface area contributed by atoms with Crippen molar-refractivity contribution >= 4 is 5.91 Å². The maximum absolute atomic E-state index is 11.6. The largest absolute Gasteiger partial charge is 0.353 e. The predicted octanol–water partition coefficient (Wildman–Crippen LogP) is 2.31. The van der Waals surface area contributed by atoms with E-state index in [1.165, 1.54) is 5.56 Å². The molecule has 1 aliphatic rings. The van der Waals surface area contributed by atoms with Crippen LogP contribution < -0.4 is 5.32 Å². The van der Waals surface area contributed by atoms with Crippen LogP contribution in [0.2, 0.25) is 0 Å². The van der Waals surface area contributed by atoms with Gasteiger partial charge in [-0.05, 0) is 24.8 Å². The lowest BCUT2D eigenvalue weighted by Gasteiger charge is -2.09. The van der Waals surface area contributed by atoms with Crippen LogP contribution in [0.25, 0.3) is 0 Å². The van der Waals surface area contributed by atoms with Gasteiger partial charge in [0.05, 0.1) is 0 Å². The van der Waals surface area contributed by atoms with Gasteiger partial charge in [0.2, 0.25) is 5.91 Å². The summed E-state index contributed by atoms with van der Waals surface area (Å²) in [6, 6.07) is 10.6. The van der Waals surface area contributed by atoms with Gasteiger partial charge >= 0.3 is 0 Å². The number of nitrogens with one attached hydrogen (secondary N) is 1. The highest BCUT2D eigenvalue weighted by Crippen LogP contribution is 2.21. The van der Waals surface area contributed by atoms with Gasteiger partial charge in [0.1, 0.15) is 0 Å². The van der Waals surface area contributed by atoms with E-state index < -0.39 is 0 Å². The maximum Gasteiger partial charge on any atom is 0.223 e. The Labute approximate surface area is 96.4 Å². The summed E-state index contributed by atoms with van der Waals surface area (Å²) in [7, 11) is 0. The zero-order valence-electron chi connectivity index (χ0n) is 9.36. The minimum absolute atomic E-state index is 0.131. The molecule has 0 saturated carbocycles. The molecule has 0 aromatic heterocycles. The highest BCUT2D eigenvalue weighted by atomic mass is 16.2. The minimum atomic E-state index is 0.131. The Morgan fingerprint density at radius 2 is 2.12 bits per heavy atom. The van der Waals surface area contributed by atoms with Crippen LogP contribution in [0.4, 0.5) is 0 Å². The normalized spacial score (nSPS) is 24.1. The Morgan fingerprint density at radius 1 is 1.38 bits per heavy atom. The van der Waals surface area contributed by atoms with Gasteiger partial charge in [-0.3, -0.25) is 4.79 Å². The second kappa shape index (κ2) is 4.97. The molecule has 84 valence electrons. The number of carbonyl (C=O) groups excluding carboxylic acids is 1. The number of allylic oxidation sites excluding steroid dienone is 1. The standard InChI is InChI=1S/C14H17NO/c1-2-6-12-10-13(15-14(12)16)9-11-7-4-3-5-8-11/h2-5,7-8,12-13H,1,6,9-10H2,(H,15,16). The summed E-state index contributed by atoms with van der Waals surface area (Å²) in [5.74, 6) is 0.312. The van der Waals surface area contributed by atoms with E-state index in [2.05, 4.69) is 24.0 Å². The van der Waals surface area contributed by atoms with Crippen LogP contribution in [0, 0.1) is 5.92 Å². The van der Waals surface area contributed by atoms with E-state index in [1.807, 2.05) is 24.3 Å². The van der Waals surface area contributed by atoms with Crippen LogP contribution in [0.1, 0.15) is 18.4 Å². The van der Waals surface area contributed by atoms with Crippen molar-refractivity contribution < 1.29 is 4.79 Å². The van der Waals surface area contributed by atoms with Crippen molar-refractivity contribution in [2.45, 2.75) is 25.3 Å². The van der Waals surface area contributed by atoms with E-state index in [0.29, 0.717) is 6.04 Å². The summed E-state index contributed by atoms with van der Waals surface area (Å²) < 4.78 is 0. The van der Waals surface area contributed by atoms with Gasteiger partial charge in [-0.1, -0.05) is 36.4 Å². The molecule has 0 aliphatic carbocycles. The molecule has 1 fully saturated rings. The molecule has 1 saturated heterocycles. The first-order valence-electron chi connectivity index (χ1n) is 5.75. The molecule has 1 aromatic rings. The summed E-state index contributed by atoms with van der Waals surface area (Å²) in [4.78, 5) is 11.6. The number of hydrogen-bond donors (Lipinski definition) is 1.